The molecular weight excluding hydrogens is 276 g/mol. The summed E-state index contributed by atoms with van der Waals surface area (Å²) >= 11 is 0. The lowest BCUT2D eigenvalue weighted by atomic mass is 10.0. The first-order valence-electron chi connectivity index (χ1n) is 6.23. The predicted molar refractivity (Wildman–Crippen MR) is 72.4 cm³/mol. The van der Waals surface area contributed by atoms with Crippen molar-refractivity contribution in [3.05, 3.63) is 59.9 Å². The zero-order valence-corrected chi connectivity index (χ0v) is 10.9. The van der Waals surface area contributed by atoms with E-state index < -0.39 is 11.6 Å². The van der Waals surface area contributed by atoms with Crippen LogP contribution in [0.25, 0.3) is 16.8 Å². The molecule has 1 heterocycles. The predicted octanol–water partition coefficient (Wildman–Crippen LogP) is 2.07. The third kappa shape index (κ3) is 2.38. The molecule has 0 bridgehead atoms. The number of hydrogen-bond donors (Lipinski definition) is 1. The second kappa shape index (κ2) is 5.37. The average molecular weight is 287 g/mol. The van der Waals surface area contributed by atoms with Gasteiger partial charge in [0.25, 0.3) is 0 Å². The summed E-state index contributed by atoms with van der Waals surface area (Å²) in [6.07, 6.45) is 0. The Morgan fingerprint density at radius 3 is 2.71 bits per heavy atom. The minimum Gasteiger partial charge on any atom is -0.324 e. The van der Waals surface area contributed by atoms with Crippen molar-refractivity contribution in [2.45, 2.75) is 6.54 Å². The fourth-order valence-corrected chi connectivity index (χ4v) is 2.07. The summed E-state index contributed by atoms with van der Waals surface area (Å²) in [4.78, 5) is 0. The van der Waals surface area contributed by atoms with Crippen LogP contribution in [0, 0.1) is 11.6 Å². The molecule has 0 amide bonds. The van der Waals surface area contributed by atoms with Crippen molar-refractivity contribution in [2.75, 3.05) is 0 Å². The Kier molecular flexibility index (Phi) is 3.41. The van der Waals surface area contributed by atoms with Crippen molar-refractivity contribution in [3.63, 3.8) is 0 Å². The standard InChI is InChI=1S/C14H11F2N5/c15-12-6-2-5-11(14(12)16)9-3-1-4-10(7-9)21-13(8-17)18-19-20-21/h1-7H,8,17H2. The molecule has 0 fully saturated rings. The maximum atomic E-state index is 13.9. The van der Waals surface area contributed by atoms with Gasteiger partial charge in [0.1, 0.15) is 0 Å². The molecule has 0 spiro atoms. The van der Waals surface area contributed by atoms with Gasteiger partial charge in [0.05, 0.1) is 12.2 Å². The van der Waals surface area contributed by atoms with Crippen LogP contribution in [0.5, 0.6) is 0 Å². The third-order valence-corrected chi connectivity index (χ3v) is 3.07. The summed E-state index contributed by atoms with van der Waals surface area (Å²) < 4.78 is 28.7. The fourth-order valence-electron chi connectivity index (χ4n) is 2.07. The fraction of sp³-hybridized carbons (Fsp3) is 0.0714. The number of tetrazole rings is 1. The van der Waals surface area contributed by atoms with E-state index in [0.717, 1.165) is 6.07 Å². The summed E-state index contributed by atoms with van der Waals surface area (Å²) in [5.41, 5.74) is 6.89. The number of benzene rings is 2. The van der Waals surface area contributed by atoms with Gasteiger partial charge in [0, 0.05) is 5.56 Å². The van der Waals surface area contributed by atoms with Crippen LogP contribution in [0.15, 0.2) is 42.5 Å². The Hall–Kier alpha value is -2.67. The second-order valence-corrected chi connectivity index (χ2v) is 4.36. The molecule has 0 atom stereocenters. The molecule has 0 aliphatic carbocycles. The smallest absolute Gasteiger partial charge is 0.170 e. The van der Waals surface area contributed by atoms with E-state index in [1.54, 1.807) is 24.3 Å². The zero-order chi connectivity index (χ0) is 14.8. The number of hydrogen-bond acceptors (Lipinski definition) is 4. The third-order valence-electron chi connectivity index (χ3n) is 3.07. The highest BCUT2D eigenvalue weighted by molar-refractivity contribution is 5.66. The summed E-state index contributed by atoms with van der Waals surface area (Å²) in [6, 6.07) is 10.9. The molecule has 3 rings (SSSR count). The monoisotopic (exact) mass is 287 g/mol. The van der Waals surface area contributed by atoms with Gasteiger partial charge in [-0.05, 0) is 34.2 Å². The van der Waals surface area contributed by atoms with Crippen LogP contribution in [0.3, 0.4) is 0 Å². The second-order valence-electron chi connectivity index (χ2n) is 4.36. The highest BCUT2D eigenvalue weighted by Crippen LogP contribution is 2.26. The molecule has 7 heteroatoms. The van der Waals surface area contributed by atoms with Gasteiger partial charge in [-0.25, -0.2) is 8.78 Å². The van der Waals surface area contributed by atoms with Crippen LogP contribution < -0.4 is 5.73 Å². The minimum atomic E-state index is -0.886. The van der Waals surface area contributed by atoms with Crippen molar-refractivity contribution >= 4 is 0 Å². The van der Waals surface area contributed by atoms with Gasteiger partial charge in [-0.15, -0.1) is 5.10 Å². The van der Waals surface area contributed by atoms with E-state index in [0.29, 0.717) is 17.1 Å². The van der Waals surface area contributed by atoms with E-state index in [9.17, 15) is 8.78 Å². The summed E-state index contributed by atoms with van der Waals surface area (Å²) in [5, 5.41) is 11.2. The lowest BCUT2D eigenvalue weighted by molar-refractivity contribution is 0.511. The maximum absolute atomic E-state index is 13.9. The first kappa shape index (κ1) is 13.3. The largest absolute Gasteiger partial charge is 0.324 e. The molecule has 1 aromatic heterocycles. The minimum absolute atomic E-state index is 0.172. The molecule has 3 aromatic rings. The van der Waals surface area contributed by atoms with Crippen molar-refractivity contribution in [1.82, 2.24) is 20.2 Å². The van der Waals surface area contributed by atoms with Gasteiger partial charge in [-0.1, -0.05) is 24.3 Å². The molecule has 2 aromatic carbocycles. The van der Waals surface area contributed by atoms with Crippen LogP contribution in [0.4, 0.5) is 8.78 Å². The zero-order valence-electron chi connectivity index (χ0n) is 10.9. The molecule has 21 heavy (non-hydrogen) atoms. The molecule has 0 saturated carbocycles. The van der Waals surface area contributed by atoms with Crippen molar-refractivity contribution in [3.8, 4) is 16.8 Å². The first-order chi connectivity index (χ1) is 10.2. The SMILES string of the molecule is NCc1nnnn1-c1cccc(-c2cccc(F)c2F)c1. The van der Waals surface area contributed by atoms with Crippen LogP contribution >= 0.6 is 0 Å². The maximum Gasteiger partial charge on any atom is 0.170 e. The van der Waals surface area contributed by atoms with Crippen molar-refractivity contribution < 1.29 is 8.78 Å². The normalized spacial score (nSPS) is 10.8. The summed E-state index contributed by atoms with van der Waals surface area (Å²) in [7, 11) is 0. The van der Waals surface area contributed by atoms with Gasteiger partial charge < -0.3 is 5.73 Å². The lowest BCUT2D eigenvalue weighted by Gasteiger charge is -2.07. The summed E-state index contributed by atoms with van der Waals surface area (Å²) in [6.45, 7) is 0.172. The van der Waals surface area contributed by atoms with Crippen molar-refractivity contribution in [2.24, 2.45) is 5.73 Å². The van der Waals surface area contributed by atoms with Crippen LogP contribution in [-0.2, 0) is 6.54 Å². The molecule has 0 radical (unpaired) electrons. The Morgan fingerprint density at radius 1 is 1.10 bits per heavy atom. The quantitative estimate of drug-likeness (QED) is 0.800. The number of nitrogens with zero attached hydrogens (tertiary/aromatic N) is 4. The Labute approximate surface area is 119 Å². The molecule has 5 nitrogen and oxygen atoms in total. The molecule has 0 unspecified atom stereocenters. The lowest BCUT2D eigenvalue weighted by Crippen LogP contribution is -2.08. The Morgan fingerprint density at radius 2 is 1.90 bits per heavy atom. The van der Waals surface area contributed by atoms with Gasteiger partial charge in [0.15, 0.2) is 17.5 Å². The number of aromatic nitrogens is 4. The van der Waals surface area contributed by atoms with Gasteiger partial charge >= 0.3 is 0 Å². The van der Waals surface area contributed by atoms with E-state index in [-0.39, 0.29) is 12.1 Å². The highest BCUT2D eigenvalue weighted by atomic mass is 19.2. The molecule has 0 aliphatic rings. The van der Waals surface area contributed by atoms with E-state index >= 15 is 0 Å². The van der Waals surface area contributed by atoms with Crippen LogP contribution in [-0.4, -0.2) is 20.2 Å². The van der Waals surface area contributed by atoms with E-state index in [2.05, 4.69) is 15.5 Å². The van der Waals surface area contributed by atoms with Gasteiger partial charge in [-0.2, -0.15) is 4.68 Å². The Balaban J connectivity index is 2.11. The van der Waals surface area contributed by atoms with Gasteiger partial charge in [-0.3, -0.25) is 0 Å². The first-order valence-corrected chi connectivity index (χ1v) is 6.23. The highest BCUT2D eigenvalue weighted by Gasteiger charge is 2.12. The van der Waals surface area contributed by atoms with Crippen LogP contribution in [0.1, 0.15) is 5.82 Å². The van der Waals surface area contributed by atoms with E-state index in [1.807, 2.05) is 0 Å². The molecule has 106 valence electrons. The molecule has 2 N–H and O–H groups in total. The Bertz CT molecular complexity index is 785. The van der Waals surface area contributed by atoms with Gasteiger partial charge in [0.2, 0.25) is 0 Å². The average Bonchev–Trinajstić information content (AvgIpc) is 2.99. The molecule has 0 aliphatic heterocycles. The number of halogens is 2. The number of nitrogens with two attached hydrogens (primary N) is 1. The van der Waals surface area contributed by atoms with E-state index in [4.69, 9.17) is 5.73 Å². The van der Waals surface area contributed by atoms with Crippen molar-refractivity contribution in [1.29, 1.82) is 0 Å². The summed E-state index contributed by atoms with van der Waals surface area (Å²) in [5.74, 6) is -1.29. The van der Waals surface area contributed by atoms with E-state index in [1.165, 1.54) is 16.8 Å². The number of rotatable bonds is 3. The molecular formula is C14H11F2N5. The van der Waals surface area contributed by atoms with Crippen LogP contribution in [0.2, 0.25) is 0 Å². The topological polar surface area (TPSA) is 69.6 Å². The molecule has 0 saturated heterocycles.